The molecule has 3 fully saturated rings. The summed E-state index contributed by atoms with van der Waals surface area (Å²) in [7, 11) is 0. The Bertz CT molecular complexity index is 1970. The molecule has 3 aromatic carbocycles. The molecular formula is C42H48ClN6O6S+. The van der Waals surface area contributed by atoms with Crippen LogP contribution in [-0.2, 0) is 16.1 Å². The first kappa shape index (κ1) is 39.7. The fourth-order valence-electron chi connectivity index (χ4n) is 7.90. The highest BCUT2D eigenvalue weighted by atomic mass is 35.5. The van der Waals surface area contributed by atoms with Crippen LogP contribution in [0.15, 0.2) is 89.2 Å². The van der Waals surface area contributed by atoms with E-state index in [1.165, 1.54) is 36.9 Å². The first-order chi connectivity index (χ1) is 27.4. The van der Waals surface area contributed by atoms with Crippen molar-refractivity contribution in [1.29, 1.82) is 0 Å². The molecule has 56 heavy (non-hydrogen) atoms. The number of likely N-dealkylation sites (tertiary alicyclic amines) is 1. The van der Waals surface area contributed by atoms with Crippen LogP contribution in [0.5, 0.6) is 11.5 Å². The van der Waals surface area contributed by atoms with Gasteiger partial charge in [0, 0.05) is 86.1 Å². The Morgan fingerprint density at radius 2 is 1.77 bits per heavy atom. The van der Waals surface area contributed by atoms with Crippen molar-refractivity contribution in [3.8, 4) is 11.5 Å². The van der Waals surface area contributed by atoms with Gasteiger partial charge >= 0.3 is 11.4 Å². The maximum atomic E-state index is 13.8. The van der Waals surface area contributed by atoms with Gasteiger partial charge in [0.1, 0.15) is 17.2 Å². The van der Waals surface area contributed by atoms with Crippen LogP contribution in [0.3, 0.4) is 0 Å². The quantitative estimate of drug-likeness (QED) is 0.0643. The van der Waals surface area contributed by atoms with E-state index in [-0.39, 0.29) is 17.0 Å². The molecule has 3 aliphatic heterocycles. The number of piperidine rings is 2. The zero-order valence-corrected chi connectivity index (χ0v) is 32.9. The van der Waals surface area contributed by atoms with Crippen molar-refractivity contribution in [1.82, 2.24) is 14.6 Å². The van der Waals surface area contributed by atoms with Gasteiger partial charge in [-0.05, 0) is 104 Å². The number of hydrogen-bond donors (Lipinski definition) is 3. The number of hydrogen-bond acceptors (Lipinski definition) is 11. The number of amides is 1. The number of aldehydes is 1. The van der Waals surface area contributed by atoms with E-state index in [1.54, 1.807) is 24.3 Å². The summed E-state index contributed by atoms with van der Waals surface area (Å²) >= 11 is 4.43. The number of pyridine rings is 1. The summed E-state index contributed by atoms with van der Waals surface area (Å²) < 4.78 is 25.5. The molecule has 2 atom stereocenters. The topological polar surface area (TPSA) is 146 Å². The highest BCUT2D eigenvalue weighted by Crippen LogP contribution is 2.36. The van der Waals surface area contributed by atoms with Crippen LogP contribution in [0.2, 0.25) is 5.02 Å². The van der Waals surface area contributed by atoms with Crippen molar-refractivity contribution in [2.24, 2.45) is 17.0 Å². The Morgan fingerprint density at radius 1 is 0.964 bits per heavy atom. The highest BCUT2D eigenvalue weighted by molar-refractivity contribution is 7.90. The van der Waals surface area contributed by atoms with Gasteiger partial charge in [0.15, 0.2) is 6.29 Å². The second kappa shape index (κ2) is 19.1. The first-order valence-electron chi connectivity index (χ1n) is 19.4. The number of anilines is 2. The van der Waals surface area contributed by atoms with Crippen LogP contribution in [0, 0.1) is 16.7 Å². The summed E-state index contributed by atoms with van der Waals surface area (Å²) in [5.41, 5.74) is 3.47. The molecular weight excluding hydrogens is 752 g/mol. The van der Waals surface area contributed by atoms with Gasteiger partial charge in [0.25, 0.3) is 5.91 Å². The van der Waals surface area contributed by atoms with Gasteiger partial charge < -0.3 is 19.7 Å². The average Bonchev–Trinajstić information content (AvgIpc) is 3.24. The molecule has 14 heteroatoms. The molecule has 1 amide bonds. The lowest BCUT2D eigenvalue weighted by molar-refractivity contribution is 0.0699. The van der Waals surface area contributed by atoms with Gasteiger partial charge in [-0.1, -0.05) is 30.2 Å². The molecule has 2 unspecified atom stereocenters. The van der Waals surface area contributed by atoms with E-state index in [9.17, 15) is 19.0 Å². The van der Waals surface area contributed by atoms with Crippen molar-refractivity contribution in [2.75, 3.05) is 56.2 Å². The number of benzene rings is 3. The van der Waals surface area contributed by atoms with E-state index in [1.807, 2.05) is 24.3 Å². The number of halogens is 1. The lowest BCUT2D eigenvalue weighted by atomic mass is 9.91. The third-order valence-electron chi connectivity index (χ3n) is 11.1. The smallest absolute Gasteiger partial charge is 0.306 e. The van der Waals surface area contributed by atoms with Gasteiger partial charge in [-0.3, -0.25) is 19.5 Å². The zero-order valence-electron chi connectivity index (χ0n) is 31.3. The van der Waals surface area contributed by atoms with Crippen molar-refractivity contribution < 1.29 is 23.6 Å². The Balaban J connectivity index is 1.03. The molecule has 0 spiro atoms. The molecule has 4 heterocycles. The minimum Gasteiger partial charge on any atom is -0.455 e. The van der Waals surface area contributed by atoms with E-state index in [4.69, 9.17) is 21.1 Å². The van der Waals surface area contributed by atoms with Gasteiger partial charge in [0.05, 0.1) is 17.4 Å². The molecule has 3 N–H and O–H groups in total. The summed E-state index contributed by atoms with van der Waals surface area (Å²) in [5, 5.41) is 7.24. The lowest BCUT2D eigenvalue weighted by Crippen LogP contribution is -2.41. The number of carbonyl (C=O) groups excluding carboxylic acids is 2. The maximum absolute atomic E-state index is 13.8. The molecule has 4 aromatic rings. The number of aromatic nitrogens is 1. The molecule has 0 saturated carbocycles. The normalized spacial score (nSPS) is 18.9. The van der Waals surface area contributed by atoms with Gasteiger partial charge in [-0.2, -0.15) is 4.55 Å². The molecule has 0 bridgehead atoms. The minimum absolute atomic E-state index is 0.146. The molecule has 0 aliphatic carbocycles. The molecule has 0 radical (unpaired) electrons. The first-order valence-corrected chi connectivity index (χ1v) is 20.9. The molecule has 7 rings (SSSR count). The van der Waals surface area contributed by atoms with Crippen LogP contribution in [0.4, 0.5) is 17.1 Å². The summed E-state index contributed by atoms with van der Waals surface area (Å²) in [4.78, 5) is 46.5. The Hall–Kier alpha value is -4.53. The monoisotopic (exact) mass is 799 g/mol. The minimum atomic E-state index is -1.76. The largest absolute Gasteiger partial charge is 0.455 e. The van der Waals surface area contributed by atoms with E-state index >= 15 is 0 Å². The van der Waals surface area contributed by atoms with Crippen LogP contribution in [-0.4, -0.2) is 72.6 Å². The van der Waals surface area contributed by atoms with Gasteiger partial charge in [-0.15, -0.1) is 9.63 Å². The zero-order chi connectivity index (χ0) is 38.9. The van der Waals surface area contributed by atoms with E-state index in [0.29, 0.717) is 52.6 Å². The molecule has 1 aromatic heterocycles. The summed E-state index contributed by atoms with van der Waals surface area (Å²) in [6, 6.07) is 20.5. The van der Waals surface area contributed by atoms with E-state index in [2.05, 4.69) is 42.1 Å². The van der Waals surface area contributed by atoms with Crippen LogP contribution < -0.4 is 19.7 Å². The Labute approximate surface area is 335 Å². The molecule has 294 valence electrons. The van der Waals surface area contributed by atoms with Crippen LogP contribution in [0.1, 0.15) is 77.3 Å². The lowest BCUT2D eigenvalue weighted by Gasteiger charge is -2.41. The number of nitroso groups, excluding NO2 is 1. The molecule has 3 aliphatic rings. The van der Waals surface area contributed by atoms with Crippen molar-refractivity contribution in [3.63, 3.8) is 0 Å². The fourth-order valence-corrected chi connectivity index (χ4v) is 8.85. The maximum Gasteiger partial charge on any atom is 0.306 e. The number of rotatable bonds is 14. The SMILES string of the molecule is O=Cc1cncc(Oc2cc(N3CCC(CN4CCCCC4c4ccc(Cl)cc4)CC3)ccc2C(=O)N[S+](O)c2ccc(NCC3CCOCC3)c(N=O)c2)c1. The average molecular weight is 800 g/mol. The Kier molecular flexibility index (Phi) is 13.5. The number of nitrogens with one attached hydrogen (secondary N) is 2. The second-order valence-electron chi connectivity index (χ2n) is 14.8. The Morgan fingerprint density at radius 3 is 2.54 bits per heavy atom. The van der Waals surface area contributed by atoms with Crippen molar-refractivity contribution >= 4 is 52.2 Å². The third-order valence-corrected chi connectivity index (χ3v) is 12.4. The van der Waals surface area contributed by atoms with Crippen LogP contribution in [0.25, 0.3) is 0 Å². The second-order valence-corrected chi connectivity index (χ2v) is 16.4. The van der Waals surface area contributed by atoms with Crippen LogP contribution >= 0.6 is 11.6 Å². The predicted octanol–water partition coefficient (Wildman–Crippen LogP) is 8.82. The molecule has 3 saturated heterocycles. The standard InChI is InChI=1S/C42H47ClN6O6S/c43-33-6-4-32(5-7-33)40-3-1-2-16-49(40)27-30-12-17-48(18-13-30)34-8-10-37(41(22-34)55-35-21-31(28-50)24-44-26-35)42(51)47-56(53)36-9-11-38(39(23-36)46-52)45-25-29-14-19-54-20-15-29/h4-11,21-24,26,28-30,40,53H,1-3,12-20,25,27H2,(H-,45,47,51,52)/p+1. The van der Waals surface area contributed by atoms with E-state index < -0.39 is 17.3 Å². The van der Waals surface area contributed by atoms with E-state index in [0.717, 1.165) is 82.2 Å². The third kappa shape index (κ3) is 10.1. The van der Waals surface area contributed by atoms with Crippen molar-refractivity contribution in [2.45, 2.75) is 55.9 Å². The summed E-state index contributed by atoms with van der Waals surface area (Å²) in [5.74, 6) is 0.969. The number of nitrogens with zero attached hydrogens (tertiary/aromatic N) is 4. The van der Waals surface area contributed by atoms with Gasteiger partial charge in [0.2, 0.25) is 4.90 Å². The highest BCUT2D eigenvalue weighted by Gasteiger charge is 2.31. The van der Waals surface area contributed by atoms with Crippen molar-refractivity contribution in [3.05, 3.63) is 106 Å². The summed E-state index contributed by atoms with van der Waals surface area (Å²) in [6.07, 6.45) is 11.1. The molecule has 12 nitrogen and oxygen atoms in total. The fraction of sp³-hybridized carbons (Fsp3) is 0.405. The summed E-state index contributed by atoms with van der Waals surface area (Å²) in [6.45, 7) is 5.98. The van der Waals surface area contributed by atoms with Gasteiger partial charge in [-0.25, -0.2) is 0 Å². The number of carbonyl (C=O) groups is 2. The predicted molar refractivity (Wildman–Crippen MR) is 220 cm³/mol. The number of ether oxygens (including phenoxy) is 2.